The molecule has 0 radical (unpaired) electrons. The monoisotopic (exact) mass is 354 g/mol. The van der Waals surface area contributed by atoms with Crippen LogP contribution in [-0.2, 0) is 6.54 Å². The van der Waals surface area contributed by atoms with Gasteiger partial charge in [0, 0.05) is 27.2 Å². The summed E-state index contributed by atoms with van der Waals surface area (Å²) >= 11 is 0. The van der Waals surface area contributed by atoms with Gasteiger partial charge in [-0.25, -0.2) is 9.67 Å². The van der Waals surface area contributed by atoms with E-state index in [-0.39, 0.29) is 0 Å². The topological polar surface area (TPSA) is 58.3 Å². The standard InChI is InChI=1S/C20H30N6/c1-16-4-6-18(7-5-16)13-25(3)20(21-2)23-12-17-8-10-19(11-9-17)26-15-22-14-24-26/h8-11,14-16,18H,4-7,12-13H2,1-3H3,(H,21,23). The van der Waals surface area contributed by atoms with Gasteiger partial charge in [-0.05, 0) is 42.4 Å². The molecule has 2 aromatic rings. The van der Waals surface area contributed by atoms with Crippen LogP contribution in [0.3, 0.4) is 0 Å². The largest absolute Gasteiger partial charge is 0.352 e. The molecular weight excluding hydrogens is 324 g/mol. The third-order valence-electron chi connectivity index (χ3n) is 5.31. The Morgan fingerprint density at radius 2 is 1.96 bits per heavy atom. The molecule has 1 aliphatic carbocycles. The van der Waals surface area contributed by atoms with E-state index in [4.69, 9.17) is 0 Å². The number of aliphatic imine (C=N–C) groups is 1. The average molecular weight is 355 g/mol. The van der Waals surface area contributed by atoms with Crippen LogP contribution >= 0.6 is 0 Å². The van der Waals surface area contributed by atoms with E-state index in [1.807, 2.05) is 7.05 Å². The van der Waals surface area contributed by atoms with Crippen molar-refractivity contribution >= 4 is 5.96 Å². The van der Waals surface area contributed by atoms with Crippen molar-refractivity contribution in [2.45, 2.75) is 39.2 Å². The molecule has 6 heteroatoms. The van der Waals surface area contributed by atoms with E-state index in [1.165, 1.54) is 31.2 Å². The lowest BCUT2D eigenvalue weighted by molar-refractivity contribution is 0.250. The van der Waals surface area contributed by atoms with Crippen molar-refractivity contribution in [2.24, 2.45) is 16.8 Å². The molecule has 26 heavy (non-hydrogen) atoms. The molecule has 6 nitrogen and oxygen atoms in total. The van der Waals surface area contributed by atoms with E-state index >= 15 is 0 Å². The van der Waals surface area contributed by atoms with Crippen LogP contribution in [0.2, 0.25) is 0 Å². The van der Waals surface area contributed by atoms with Gasteiger partial charge in [-0.2, -0.15) is 5.10 Å². The fourth-order valence-electron chi connectivity index (χ4n) is 3.66. The molecular formula is C20H30N6. The molecule has 1 heterocycles. The summed E-state index contributed by atoms with van der Waals surface area (Å²) < 4.78 is 1.76. The maximum atomic E-state index is 4.45. The highest BCUT2D eigenvalue weighted by Crippen LogP contribution is 2.28. The second-order valence-corrected chi connectivity index (χ2v) is 7.41. The second kappa shape index (κ2) is 8.83. The zero-order valence-corrected chi connectivity index (χ0v) is 16.1. The summed E-state index contributed by atoms with van der Waals surface area (Å²) in [5.41, 5.74) is 2.23. The van der Waals surface area contributed by atoms with Crippen molar-refractivity contribution in [1.29, 1.82) is 0 Å². The maximum absolute atomic E-state index is 4.45. The van der Waals surface area contributed by atoms with Crippen LogP contribution in [0.1, 0.15) is 38.2 Å². The normalized spacial score (nSPS) is 20.8. The fourth-order valence-corrected chi connectivity index (χ4v) is 3.66. The Balaban J connectivity index is 1.50. The highest BCUT2D eigenvalue weighted by atomic mass is 15.3. The minimum absolute atomic E-state index is 0.760. The van der Waals surface area contributed by atoms with Gasteiger partial charge in [0.1, 0.15) is 12.7 Å². The average Bonchev–Trinajstić information content (AvgIpc) is 3.19. The Kier molecular flexibility index (Phi) is 6.26. The van der Waals surface area contributed by atoms with Gasteiger partial charge in [0.25, 0.3) is 0 Å². The Morgan fingerprint density at radius 1 is 1.23 bits per heavy atom. The molecule has 0 spiro atoms. The number of nitrogens with one attached hydrogen (secondary N) is 1. The quantitative estimate of drug-likeness (QED) is 0.662. The van der Waals surface area contributed by atoms with Gasteiger partial charge in [-0.1, -0.05) is 31.9 Å². The summed E-state index contributed by atoms with van der Waals surface area (Å²) in [6.45, 7) is 4.21. The summed E-state index contributed by atoms with van der Waals surface area (Å²) in [5.74, 6) is 2.65. The molecule has 0 amide bonds. The fraction of sp³-hybridized carbons (Fsp3) is 0.550. The molecule has 1 aromatic heterocycles. The van der Waals surface area contributed by atoms with Gasteiger partial charge in [0.15, 0.2) is 5.96 Å². The SMILES string of the molecule is CN=C(NCc1ccc(-n2cncn2)cc1)N(C)CC1CCC(C)CC1. The summed E-state index contributed by atoms with van der Waals surface area (Å²) in [5, 5.41) is 7.63. The molecule has 140 valence electrons. The lowest BCUT2D eigenvalue weighted by atomic mass is 9.83. The predicted octanol–water partition coefficient (Wildman–Crippen LogP) is 3.10. The first-order valence-corrected chi connectivity index (χ1v) is 9.51. The van der Waals surface area contributed by atoms with Crippen LogP contribution in [0.15, 0.2) is 41.9 Å². The summed E-state index contributed by atoms with van der Waals surface area (Å²) in [7, 11) is 4.00. The molecule has 3 rings (SSSR count). The van der Waals surface area contributed by atoms with E-state index in [0.29, 0.717) is 0 Å². The maximum Gasteiger partial charge on any atom is 0.193 e. The van der Waals surface area contributed by atoms with Crippen LogP contribution in [0.25, 0.3) is 5.69 Å². The van der Waals surface area contributed by atoms with E-state index in [2.05, 4.69) is 63.5 Å². The summed E-state index contributed by atoms with van der Waals surface area (Å²) in [6, 6.07) is 8.34. The smallest absolute Gasteiger partial charge is 0.193 e. The van der Waals surface area contributed by atoms with Crippen LogP contribution < -0.4 is 5.32 Å². The van der Waals surface area contributed by atoms with Gasteiger partial charge in [-0.15, -0.1) is 0 Å². The van der Waals surface area contributed by atoms with Crippen molar-refractivity contribution in [3.8, 4) is 5.69 Å². The molecule has 0 bridgehead atoms. The number of rotatable bonds is 5. The molecule has 0 saturated heterocycles. The molecule has 0 aliphatic heterocycles. The number of guanidine groups is 1. The zero-order valence-electron chi connectivity index (χ0n) is 16.1. The van der Waals surface area contributed by atoms with E-state index < -0.39 is 0 Å². The van der Waals surface area contributed by atoms with Gasteiger partial charge < -0.3 is 10.2 Å². The molecule has 1 N–H and O–H groups in total. The first kappa shape index (κ1) is 18.4. The summed E-state index contributed by atoms with van der Waals surface area (Å²) in [4.78, 5) is 10.7. The Labute approximate surface area is 156 Å². The number of hydrogen-bond donors (Lipinski definition) is 1. The van der Waals surface area contributed by atoms with Crippen molar-refractivity contribution < 1.29 is 0 Å². The minimum Gasteiger partial charge on any atom is -0.352 e. The number of benzene rings is 1. The van der Waals surface area contributed by atoms with Gasteiger partial charge in [0.05, 0.1) is 5.69 Å². The molecule has 0 atom stereocenters. The summed E-state index contributed by atoms with van der Waals surface area (Å²) in [6.07, 6.45) is 8.65. The third kappa shape index (κ3) is 4.84. The predicted molar refractivity (Wildman–Crippen MR) is 105 cm³/mol. The van der Waals surface area contributed by atoms with Gasteiger partial charge in [-0.3, -0.25) is 4.99 Å². The third-order valence-corrected chi connectivity index (χ3v) is 5.31. The van der Waals surface area contributed by atoms with Crippen LogP contribution in [-0.4, -0.2) is 46.3 Å². The molecule has 0 unspecified atom stereocenters. The zero-order chi connectivity index (χ0) is 18.4. The van der Waals surface area contributed by atoms with Crippen molar-refractivity contribution in [3.05, 3.63) is 42.5 Å². The van der Waals surface area contributed by atoms with E-state index in [1.54, 1.807) is 17.3 Å². The highest BCUT2D eigenvalue weighted by molar-refractivity contribution is 5.79. The van der Waals surface area contributed by atoms with Gasteiger partial charge >= 0.3 is 0 Å². The minimum atomic E-state index is 0.760. The van der Waals surface area contributed by atoms with E-state index in [0.717, 1.165) is 36.6 Å². The highest BCUT2D eigenvalue weighted by Gasteiger charge is 2.20. The Hall–Kier alpha value is -2.37. The Morgan fingerprint density at radius 3 is 2.58 bits per heavy atom. The van der Waals surface area contributed by atoms with Crippen LogP contribution in [0.5, 0.6) is 0 Å². The van der Waals surface area contributed by atoms with Crippen molar-refractivity contribution in [2.75, 3.05) is 20.6 Å². The Bertz CT molecular complexity index is 684. The lowest BCUT2D eigenvalue weighted by Gasteiger charge is -2.31. The van der Waals surface area contributed by atoms with E-state index in [9.17, 15) is 0 Å². The molecule has 1 aliphatic rings. The number of hydrogen-bond acceptors (Lipinski definition) is 3. The van der Waals surface area contributed by atoms with Crippen molar-refractivity contribution in [1.82, 2.24) is 25.0 Å². The first-order chi connectivity index (χ1) is 12.7. The van der Waals surface area contributed by atoms with Crippen LogP contribution in [0.4, 0.5) is 0 Å². The number of nitrogens with zero attached hydrogens (tertiary/aromatic N) is 5. The van der Waals surface area contributed by atoms with Gasteiger partial charge in [0.2, 0.25) is 0 Å². The van der Waals surface area contributed by atoms with Crippen LogP contribution in [0, 0.1) is 11.8 Å². The molecule has 1 saturated carbocycles. The second-order valence-electron chi connectivity index (χ2n) is 7.41. The van der Waals surface area contributed by atoms with Crippen molar-refractivity contribution in [3.63, 3.8) is 0 Å². The molecule has 1 aromatic carbocycles. The first-order valence-electron chi connectivity index (χ1n) is 9.51. The number of aromatic nitrogens is 3. The molecule has 1 fully saturated rings. The lowest BCUT2D eigenvalue weighted by Crippen LogP contribution is -2.41.